The Morgan fingerprint density at radius 2 is 1.88 bits per heavy atom. The summed E-state index contributed by atoms with van der Waals surface area (Å²) in [5, 5.41) is 6.09. The molecule has 0 aromatic heterocycles. The predicted molar refractivity (Wildman–Crippen MR) is 129 cm³/mol. The minimum Gasteiger partial charge on any atom is -0.350 e. The van der Waals surface area contributed by atoms with Gasteiger partial charge in [0.2, 0.25) is 5.91 Å². The predicted octanol–water partition coefficient (Wildman–Crippen LogP) is 3.82. The molecule has 0 unspecified atom stereocenters. The van der Waals surface area contributed by atoms with E-state index in [1.807, 2.05) is 67.5 Å². The normalized spacial score (nSPS) is 19.7. The zero-order valence-corrected chi connectivity index (χ0v) is 21.2. The fourth-order valence-electron chi connectivity index (χ4n) is 4.76. The van der Waals surface area contributed by atoms with Crippen LogP contribution in [0.15, 0.2) is 29.5 Å². The van der Waals surface area contributed by atoms with Gasteiger partial charge in [0.15, 0.2) is 0 Å². The van der Waals surface area contributed by atoms with E-state index >= 15 is 0 Å². The average Bonchev–Trinajstić information content (AvgIpc) is 3.01. The lowest BCUT2D eigenvalue weighted by atomic mass is 9.91. The molecule has 2 aliphatic heterocycles. The number of carbonyl (C=O) groups excluding carboxylic acids is 3. The van der Waals surface area contributed by atoms with Gasteiger partial charge in [-0.1, -0.05) is 37.6 Å². The number of amides is 4. The molecular formula is C26H38N4O3. The summed E-state index contributed by atoms with van der Waals surface area (Å²) in [6.07, 6.45) is 0.552. The monoisotopic (exact) mass is 454 g/mol. The Morgan fingerprint density at radius 3 is 2.42 bits per heavy atom. The molecule has 2 N–H and O–H groups in total. The van der Waals surface area contributed by atoms with Gasteiger partial charge >= 0.3 is 6.03 Å². The van der Waals surface area contributed by atoms with Crippen LogP contribution in [0.4, 0.5) is 4.79 Å². The Balaban J connectivity index is 2.04. The topological polar surface area (TPSA) is 81.8 Å². The van der Waals surface area contributed by atoms with E-state index in [1.54, 1.807) is 9.80 Å². The molecule has 0 bridgehead atoms. The first-order valence-electron chi connectivity index (χ1n) is 11.8. The number of aryl methyl sites for hydroxylation is 2. The number of nitrogens with one attached hydrogen (secondary N) is 2. The molecule has 0 saturated heterocycles. The van der Waals surface area contributed by atoms with Crippen molar-refractivity contribution in [3.8, 4) is 0 Å². The molecule has 1 aromatic carbocycles. The van der Waals surface area contributed by atoms with Gasteiger partial charge in [-0.05, 0) is 65.0 Å². The summed E-state index contributed by atoms with van der Waals surface area (Å²) in [7, 11) is 0. The Hall–Kier alpha value is -2.83. The Labute approximate surface area is 197 Å². The zero-order valence-electron chi connectivity index (χ0n) is 21.2. The van der Waals surface area contributed by atoms with E-state index in [1.165, 1.54) is 0 Å². The van der Waals surface area contributed by atoms with E-state index in [9.17, 15) is 14.4 Å². The van der Waals surface area contributed by atoms with Crippen LogP contribution < -0.4 is 10.6 Å². The van der Waals surface area contributed by atoms with Crippen molar-refractivity contribution in [1.29, 1.82) is 0 Å². The Kier molecular flexibility index (Phi) is 6.91. The second-order valence-corrected chi connectivity index (χ2v) is 10.7. The highest BCUT2D eigenvalue weighted by Gasteiger charge is 2.47. The maximum absolute atomic E-state index is 13.9. The lowest BCUT2D eigenvalue weighted by molar-refractivity contribution is -0.137. The minimum absolute atomic E-state index is 0.158. The summed E-state index contributed by atoms with van der Waals surface area (Å²) < 4.78 is 0. The van der Waals surface area contributed by atoms with E-state index in [0.29, 0.717) is 24.2 Å². The van der Waals surface area contributed by atoms with Gasteiger partial charge in [-0.3, -0.25) is 14.5 Å². The van der Waals surface area contributed by atoms with Crippen molar-refractivity contribution in [3.63, 3.8) is 0 Å². The number of urea groups is 1. The van der Waals surface area contributed by atoms with Gasteiger partial charge in [0, 0.05) is 12.1 Å². The van der Waals surface area contributed by atoms with Crippen molar-refractivity contribution in [2.45, 2.75) is 79.4 Å². The lowest BCUT2D eigenvalue weighted by Gasteiger charge is -2.33. The SMILES string of the molecule is CCN1C(=O)N[C@@H](c2ccc(C)cc2C)C2=C1CN([C@H](CC(C)C)C(=O)NC(C)(C)C)C2=O. The fraction of sp³-hybridized carbons (Fsp3) is 0.577. The Morgan fingerprint density at radius 1 is 1.21 bits per heavy atom. The third kappa shape index (κ3) is 5.07. The van der Waals surface area contributed by atoms with Crippen molar-refractivity contribution >= 4 is 17.8 Å². The highest BCUT2D eigenvalue weighted by Crippen LogP contribution is 2.38. The molecule has 0 fully saturated rings. The fourth-order valence-corrected chi connectivity index (χ4v) is 4.76. The van der Waals surface area contributed by atoms with Crippen LogP contribution >= 0.6 is 0 Å². The third-order valence-electron chi connectivity index (χ3n) is 6.17. The summed E-state index contributed by atoms with van der Waals surface area (Å²) in [6.45, 7) is 16.5. The summed E-state index contributed by atoms with van der Waals surface area (Å²) in [5.41, 5.74) is 3.92. The zero-order chi connectivity index (χ0) is 24.7. The van der Waals surface area contributed by atoms with E-state index in [0.717, 1.165) is 16.7 Å². The summed E-state index contributed by atoms with van der Waals surface area (Å²) >= 11 is 0. The molecule has 3 rings (SSSR count). The maximum Gasteiger partial charge on any atom is 0.322 e. The highest BCUT2D eigenvalue weighted by molar-refractivity contribution is 6.03. The van der Waals surface area contributed by atoms with Gasteiger partial charge in [-0.15, -0.1) is 0 Å². The van der Waals surface area contributed by atoms with Crippen LogP contribution in [0.5, 0.6) is 0 Å². The van der Waals surface area contributed by atoms with Gasteiger partial charge in [0.1, 0.15) is 6.04 Å². The first-order chi connectivity index (χ1) is 15.3. The number of nitrogens with zero attached hydrogens (tertiary/aromatic N) is 2. The van der Waals surface area contributed by atoms with E-state index in [2.05, 4.69) is 16.7 Å². The maximum atomic E-state index is 13.9. The summed E-state index contributed by atoms with van der Waals surface area (Å²) in [4.78, 5) is 43.4. The van der Waals surface area contributed by atoms with Crippen LogP contribution in [0.3, 0.4) is 0 Å². The lowest BCUT2D eigenvalue weighted by Crippen LogP contribution is -2.53. The molecule has 0 radical (unpaired) electrons. The number of benzene rings is 1. The molecule has 2 atom stereocenters. The van der Waals surface area contributed by atoms with Crippen molar-refractivity contribution < 1.29 is 14.4 Å². The molecule has 1 aromatic rings. The summed E-state index contributed by atoms with van der Waals surface area (Å²) in [5.74, 6) is -0.110. The van der Waals surface area contributed by atoms with Crippen LogP contribution in [0.1, 0.15) is 70.7 Å². The first kappa shape index (κ1) is 24.8. The minimum atomic E-state index is -0.601. The standard InChI is InChI=1S/C26H38N4O3/c1-9-29-20-14-30(19(12-15(2)3)23(31)28-26(6,7)8)24(32)21(20)22(27-25(29)33)18-11-10-16(4)13-17(18)5/h10-11,13,15,19,22H,9,12,14H2,1-8H3,(H,27,33)(H,28,31)/t19-,22+/m1/s1. The molecular weight excluding hydrogens is 416 g/mol. The van der Waals surface area contributed by atoms with Crippen molar-refractivity contribution in [3.05, 3.63) is 46.2 Å². The van der Waals surface area contributed by atoms with Gasteiger partial charge in [0.05, 0.1) is 23.9 Å². The number of rotatable bonds is 6. The average molecular weight is 455 g/mol. The molecule has 0 aliphatic carbocycles. The largest absolute Gasteiger partial charge is 0.350 e. The second kappa shape index (κ2) is 9.20. The Bertz CT molecular complexity index is 990. The number of likely N-dealkylation sites (N-methyl/N-ethyl adjacent to an activating group) is 1. The second-order valence-electron chi connectivity index (χ2n) is 10.7. The molecule has 0 saturated carbocycles. The van der Waals surface area contributed by atoms with E-state index < -0.39 is 17.6 Å². The number of hydrogen-bond donors (Lipinski definition) is 2. The molecule has 7 nitrogen and oxygen atoms in total. The van der Waals surface area contributed by atoms with Crippen LogP contribution in [0.25, 0.3) is 0 Å². The van der Waals surface area contributed by atoms with Crippen LogP contribution in [0.2, 0.25) is 0 Å². The van der Waals surface area contributed by atoms with Gasteiger partial charge in [0.25, 0.3) is 5.91 Å². The van der Waals surface area contributed by atoms with E-state index in [4.69, 9.17) is 0 Å². The highest BCUT2D eigenvalue weighted by atomic mass is 16.2. The molecule has 33 heavy (non-hydrogen) atoms. The number of hydrogen-bond acceptors (Lipinski definition) is 3. The van der Waals surface area contributed by atoms with Gasteiger partial charge < -0.3 is 15.5 Å². The molecule has 0 spiro atoms. The molecule has 4 amide bonds. The number of carbonyl (C=O) groups is 3. The first-order valence-corrected chi connectivity index (χ1v) is 11.8. The molecule has 180 valence electrons. The summed E-state index contributed by atoms with van der Waals surface area (Å²) in [6, 6.07) is 4.69. The van der Waals surface area contributed by atoms with Crippen LogP contribution in [0, 0.1) is 19.8 Å². The molecule has 2 aliphatic rings. The van der Waals surface area contributed by atoms with Crippen LogP contribution in [-0.4, -0.2) is 52.3 Å². The molecule has 2 heterocycles. The van der Waals surface area contributed by atoms with E-state index in [-0.39, 0.29) is 30.3 Å². The van der Waals surface area contributed by atoms with Gasteiger partial charge in [-0.25, -0.2) is 4.79 Å². The van der Waals surface area contributed by atoms with Crippen molar-refractivity contribution in [1.82, 2.24) is 20.4 Å². The van der Waals surface area contributed by atoms with Crippen molar-refractivity contribution in [2.24, 2.45) is 5.92 Å². The van der Waals surface area contributed by atoms with Gasteiger partial charge in [-0.2, -0.15) is 0 Å². The quantitative estimate of drug-likeness (QED) is 0.686. The smallest absolute Gasteiger partial charge is 0.322 e. The third-order valence-corrected chi connectivity index (χ3v) is 6.17. The van der Waals surface area contributed by atoms with Crippen molar-refractivity contribution in [2.75, 3.05) is 13.1 Å². The molecule has 7 heteroatoms. The van der Waals surface area contributed by atoms with Crippen LogP contribution in [-0.2, 0) is 9.59 Å².